The third kappa shape index (κ3) is 5.24. The lowest BCUT2D eigenvalue weighted by molar-refractivity contribution is -0.140. The molecule has 0 unspecified atom stereocenters. The number of carbonyl (C=O) groups excluding carboxylic acids is 1. The van der Waals surface area contributed by atoms with Crippen LogP contribution in [0.2, 0.25) is 0 Å². The molecule has 1 heterocycles. The number of pyridine rings is 1. The van der Waals surface area contributed by atoms with E-state index < -0.39 is 11.9 Å². The SMILES string of the molecule is COc1ccc(C(=O)NC2=C[C@@H](Nc3cc(C(F)(F)F)nc4ccc(OC)cc34)CCC2)cc1. The first-order chi connectivity index (χ1) is 16.3. The van der Waals surface area contributed by atoms with Crippen molar-refractivity contribution in [3.05, 3.63) is 71.6 Å². The van der Waals surface area contributed by atoms with E-state index in [1.807, 2.05) is 6.08 Å². The molecule has 1 aliphatic carbocycles. The fraction of sp³-hybridized carbons (Fsp3) is 0.280. The first-order valence-corrected chi connectivity index (χ1v) is 10.8. The van der Waals surface area contributed by atoms with Crippen LogP contribution in [0, 0.1) is 0 Å². The first-order valence-electron chi connectivity index (χ1n) is 10.8. The quantitative estimate of drug-likeness (QED) is 0.493. The average Bonchev–Trinajstić information content (AvgIpc) is 2.83. The minimum Gasteiger partial charge on any atom is -0.497 e. The Morgan fingerprint density at radius 2 is 1.74 bits per heavy atom. The van der Waals surface area contributed by atoms with Gasteiger partial charge in [-0.1, -0.05) is 0 Å². The summed E-state index contributed by atoms with van der Waals surface area (Å²) in [6, 6.07) is 12.2. The van der Waals surface area contributed by atoms with E-state index in [9.17, 15) is 18.0 Å². The highest BCUT2D eigenvalue weighted by Gasteiger charge is 2.33. The highest BCUT2D eigenvalue weighted by molar-refractivity contribution is 5.95. The number of nitrogens with zero attached hydrogens (tertiary/aromatic N) is 1. The maximum atomic E-state index is 13.5. The van der Waals surface area contributed by atoms with Crippen LogP contribution >= 0.6 is 0 Å². The Morgan fingerprint density at radius 1 is 1.03 bits per heavy atom. The van der Waals surface area contributed by atoms with Gasteiger partial charge in [-0.15, -0.1) is 0 Å². The largest absolute Gasteiger partial charge is 0.497 e. The van der Waals surface area contributed by atoms with E-state index >= 15 is 0 Å². The number of hydrogen-bond donors (Lipinski definition) is 2. The fourth-order valence-corrected chi connectivity index (χ4v) is 3.90. The van der Waals surface area contributed by atoms with Crippen LogP contribution in [0.25, 0.3) is 10.9 Å². The molecule has 2 N–H and O–H groups in total. The number of fused-ring (bicyclic) bond motifs is 1. The first kappa shape index (κ1) is 23.4. The van der Waals surface area contributed by atoms with Gasteiger partial charge in [0, 0.05) is 28.4 Å². The summed E-state index contributed by atoms with van der Waals surface area (Å²) in [5.74, 6) is 0.911. The number of carbonyl (C=O) groups is 1. The third-order valence-corrected chi connectivity index (χ3v) is 5.64. The number of aromatic nitrogens is 1. The molecule has 9 heteroatoms. The van der Waals surface area contributed by atoms with E-state index in [-0.39, 0.29) is 17.5 Å². The molecule has 2 aromatic carbocycles. The molecule has 4 rings (SSSR count). The number of alkyl halides is 3. The molecule has 3 aromatic rings. The maximum absolute atomic E-state index is 13.5. The monoisotopic (exact) mass is 471 g/mol. The Morgan fingerprint density at radius 3 is 2.41 bits per heavy atom. The lowest BCUT2D eigenvalue weighted by atomic mass is 9.98. The predicted molar refractivity (Wildman–Crippen MR) is 123 cm³/mol. The number of benzene rings is 2. The number of halogens is 3. The smallest absolute Gasteiger partial charge is 0.433 e. The summed E-state index contributed by atoms with van der Waals surface area (Å²) in [4.78, 5) is 16.4. The maximum Gasteiger partial charge on any atom is 0.433 e. The van der Waals surface area contributed by atoms with Gasteiger partial charge < -0.3 is 20.1 Å². The molecule has 1 atom stereocenters. The van der Waals surface area contributed by atoms with Crippen molar-refractivity contribution in [1.82, 2.24) is 10.3 Å². The fourth-order valence-electron chi connectivity index (χ4n) is 3.90. The van der Waals surface area contributed by atoms with Crippen molar-refractivity contribution >= 4 is 22.5 Å². The van der Waals surface area contributed by atoms with Gasteiger partial charge in [0.1, 0.15) is 17.2 Å². The zero-order valence-electron chi connectivity index (χ0n) is 18.7. The van der Waals surface area contributed by atoms with E-state index in [0.717, 1.165) is 18.2 Å². The standard InChI is InChI=1S/C25H24F3N3O3/c1-33-18-8-6-15(7-9-18)24(32)30-17-5-3-4-16(12-17)29-22-14-23(25(26,27)28)31-21-11-10-19(34-2)13-20(21)22/h6-14,16H,3-5H2,1-2H3,(H,29,31)(H,30,32)/t16-/m0/s1. The minimum atomic E-state index is -4.58. The van der Waals surface area contributed by atoms with E-state index in [0.29, 0.717) is 41.0 Å². The summed E-state index contributed by atoms with van der Waals surface area (Å²) in [5.41, 5.74) is 0.752. The molecule has 34 heavy (non-hydrogen) atoms. The van der Waals surface area contributed by atoms with Gasteiger partial charge in [-0.3, -0.25) is 4.79 Å². The van der Waals surface area contributed by atoms with E-state index in [4.69, 9.17) is 9.47 Å². The predicted octanol–water partition coefficient (Wildman–Crippen LogP) is 5.55. The van der Waals surface area contributed by atoms with Gasteiger partial charge >= 0.3 is 6.18 Å². The number of amides is 1. The number of allylic oxidation sites excluding steroid dienone is 1. The average molecular weight is 471 g/mol. The molecule has 0 aliphatic heterocycles. The van der Waals surface area contributed by atoms with E-state index in [1.54, 1.807) is 43.5 Å². The van der Waals surface area contributed by atoms with E-state index in [1.165, 1.54) is 13.2 Å². The molecule has 0 radical (unpaired) electrons. The number of methoxy groups -OCH3 is 2. The molecular formula is C25H24F3N3O3. The summed E-state index contributed by atoms with van der Waals surface area (Å²) in [6.07, 6.45) is -0.588. The Hall–Kier alpha value is -3.75. The van der Waals surface area contributed by atoms with Gasteiger partial charge in [-0.25, -0.2) is 4.98 Å². The van der Waals surface area contributed by atoms with Gasteiger partial charge in [0.05, 0.1) is 19.7 Å². The van der Waals surface area contributed by atoms with E-state index in [2.05, 4.69) is 15.6 Å². The zero-order valence-corrected chi connectivity index (χ0v) is 18.7. The van der Waals surface area contributed by atoms with Crippen LogP contribution in [-0.4, -0.2) is 31.2 Å². The summed E-state index contributed by atoms with van der Waals surface area (Å²) >= 11 is 0. The van der Waals surface area contributed by atoms with Crippen molar-refractivity contribution in [2.75, 3.05) is 19.5 Å². The summed E-state index contributed by atoms with van der Waals surface area (Å²) in [5, 5.41) is 6.64. The molecule has 1 aromatic heterocycles. The van der Waals surface area contributed by atoms with Crippen molar-refractivity contribution in [2.45, 2.75) is 31.5 Å². The van der Waals surface area contributed by atoms with Crippen molar-refractivity contribution in [3.8, 4) is 11.5 Å². The molecule has 0 saturated heterocycles. The molecule has 6 nitrogen and oxygen atoms in total. The zero-order chi connectivity index (χ0) is 24.3. The molecule has 0 fully saturated rings. The Balaban J connectivity index is 1.59. The molecule has 1 amide bonds. The van der Waals surface area contributed by atoms with Crippen LogP contribution in [0.4, 0.5) is 18.9 Å². The van der Waals surface area contributed by atoms with Crippen molar-refractivity contribution < 1.29 is 27.4 Å². The normalized spacial score (nSPS) is 16.0. The second-order valence-corrected chi connectivity index (χ2v) is 7.95. The number of nitrogens with one attached hydrogen (secondary N) is 2. The number of rotatable bonds is 6. The van der Waals surface area contributed by atoms with Crippen molar-refractivity contribution in [1.29, 1.82) is 0 Å². The van der Waals surface area contributed by atoms with Crippen molar-refractivity contribution in [2.24, 2.45) is 0 Å². The van der Waals surface area contributed by atoms with Crippen LogP contribution < -0.4 is 20.1 Å². The summed E-state index contributed by atoms with van der Waals surface area (Å²) < 4.78 is 50.7. The van der Waals surface area contributed by atoms with Crippen LogP contribution in [0.5, 0.6) is 11.5 Å². The van der Waals surface area contributed by atoms with Gasteiger partial charge in [-0.05, 0) is 73.9 Å². The number of ether oxygens (including phenoxy) is 2. The van der Waals surface area contributed by atoms with Crippen LogP contribution in [0.3, 0.4) is 0 Å². The Bertz CT molecular complexity index is 1220. The van der Waals surface area contributed by atoms with Crippen LogP contribution in [0.1, 0.15) is 35.3 Å². The van der Waals surface area contributed by atoms with Crippen LogP contribution in [0.15, 0.2) is 60.3 Å². The molecule has 0 bridgehead atoms. The van der Waals surface area contributed by atoms with Crippen LogP contribution in [-0.2, 0) is 6.18 Å². The third-order valence-electron chi connectivity index (χ3n) is 5.64. The molecule has 178 valence electrons. The molecular weight excluding hydrogens is 447 g/mol. The number of hydrogen-bond acceptors (Lipinski definition) is 5. The van der Waals surface area contributed by atoms with Crippen molar-refractivity contribution in [3.63, 3.8) is 0 Å². The minimum absolute atomic E-state index is 0.214. The summed E-state index contributed by atoms with van der Waals surface area (Å²) in [7, 11) is 3.04. The number of anilines is 1. The summed E-state index contributed by atoms with van der Waals surface area (Å²) in [6.45, 7) is 0. The highest BCUT2D eigenvalue weighted by atomic mass is 19.4. The second kappa shape index (κ2) is 9.62. The Kier molecular flexibility index (Phi) is 6.63. The van der Waals surface area contributed by atoms with Gasteiger partial charge in [-0.2, -0.15) is 13.2 Å². The molecule has 0 spiro atoms. The lowest BCUT2D eigenvalue weighted by Gasteiger charge is -2.25. The topological polar surface area (TPSA) is 72.5 Å². The Labute approximate surface area is 194 Å². The van der Waals surface area contributed by atoms with Gasteiger partial charge in [0.15, 0.2) is 0 Å². The molecule has 1 aliphatic rings. The van der Waals surface area contributed by atoms with Gasteiger partial charge in [0.25, 0.3) is 5.91 Å². The highest BCUT2D eigenvalue weighted by Crippen LogP contribution is 2.35. The van der Waals surface area contributed by atoms with Gasteiger partial charge in [0.2, 0.25) is 0 Å². The lowest BCUT2D eigenvalue weighted by Crippen LogP contribution is -2.29. The molecule has 0 saturated carbocycles. The second-order valence-electron chi connectivity index (χ2n) is 7.95.